The van der Waals surface area contributed by atoms with Gasteiger partial charge in [0.25, 0.3) is 0 Å². The molecule has 1 spiro atoms. The van der Waals surface area contributed by atoms with Crippen molar-refractivity contribution in [2.45, 2.75) is 37.1 Å². The van der Waals surface area contributed by atoms with Crippen LogP contribution in [-0.2, 0) is 0 Å². The molecule has 0 aromatic heterocycles. The number of fused-ring (bicyclic) bond motifs is 3. The fraction of sp³-hybridized carbons (Fsp3) is 0.360. The van der Waals surface area contributed by atoms with Crippen LogP contribution < -0.4 is 4.74 Å². The molecule has 2 atom stereocenters. The van der Waals surface area contributed by atoms with Crippen molar-refractivity contribution in [3.05, 3.63) is 77.6 Å². The van der Waals surface area contributed by atoms with Gasteiger partial charge in [-0.1, -0.05) is 48.5 Å². The number of aliphatic hydroxyl groups is 2. The fourth-order valence-corrected chi connectivity index (χ4v) is 4.84. The van der Waals surface area contributed by atoms with Crippen molar-refractivity contribution in [1.29, 1.82) is 0 Å². The Morgan fingerprint density at radius 1 is 1.03 bits per heavy atom. The zero-order valence-electron chi connectivity index (χ0n) is 16.8. The van der Waals surface area contributed by atoms with Crippen molar-refractivity contribution in [3.8, 4) is 5.75 Å². The standard InChI is InChI=1S/C25H26FNO3/c26-19-8-5-18(6-9-19)23(29)16-27-13-11-25(12-14-27)15-22(28)21-10-7-17-3-1-2-4-20(17)24(21)30-25/h1-10,22-23,28-29H,11-16H2/t22-,23-/m0/s1. The van der Waals surface area contributed by atoms with Crippen LogP contribution in [0.5, 0.6) is 5.75 Å². The molecule has 1 fully saturated rings. The molecular weight excluding hydrogens is 381 g/mol. The van der Waals surface area contributed by atoms with Crippen LogP contribution in [0.1, 0.15) is 42.6 Å². The van der Waals surface area contributed by atoms with Crippen molar-refractivity contribution >= 4 is 10.8 Å². The van der Waals surface area contributed by atoms with Gasteiger partial charge in [-0.3, -0.25) is 0 Å². The second-order valence-corrected chi connectivity index (χ2v) is 8.58. The Morgan fingerprint density at radius 2 is 1.77 bits per heavy atom. The molecule has 0 saturated carbocycles. The van der Waals surface area contributed by atoms with Gasteiger partial charge in [-0.25, -0.2) is 4.39 Å². The zero-order chi connectivity index (χ0) is 20.7. The number of benzene rings is 3. The van der Waals surface area contributed by atoms with Gasteiger partial charge < -0.3 is 19.8 Å². The minimum Gasteiger partial charge on any atom is -0.486 e. The van der Waals surface area contributed by atoms with Gasteiger partial charge in [0.05, 0.1) is 12.2 Å². The van der Waals surface area contributed by atoms with Gasteiger partial charge in [0.2, 0.25) is 0 Å². The van der Waals surface area contributed by atoms with Gasteiger partial charge in [0, 0.05) is 37.0 Å². The van der Waals surface area contributed by atoms with E-state index in [9.17, 15) is 14.6 Å². The van der Waals surface area contributed by atoms with Crippen molar-refractivity contribution in [3.63, 3.8) is 0 Å². The minimum absolute atomic E-state index is 0.299. The van der Waals surface area contributed by atoms with Gasteiger partial charge >= 0.3 is 0 Å². The Balaban J connectivity index is 1.30. The summed E-state index contributed by atoms with van der Waals surface area (Å²) < 4.78 is 19.7. The first-order chi connectivity index (χ1) is 14.5. The zero-order valence-corrected chi connectivity index (χ0v) is 16.8. The summed E-state index contributed by atoms with van der Waals surface area (Å²) in [7, 11) is 0. The normalized spacial score (nSPS) is 21.9. The lowest BCUT2D eigenvalue weighted by Crippen LogP contribution is -2.51. The van der Waals surface area contributed by atoms with E-state index in [1.165, 1.54) is 12.1 Å². The molecule has 0 aliphatic carbocycles. The van der Waals surface area contributed by atoms with Gasteiger partial charge in [-0.15, -0.1) is 0 Å². The number of piperidine rings is 1. The number of nitrogens with zero attached hydrogens (tertiary/aromatic N) is 1. The largest absolute Gasteiger partial charge is 0.486 e. The first-order valence-electron chi connectivity index (χ1n) is 10.6. The number of aliphatic hydroxyl groups excluding tert-OH is 2. The summed E-state index contributed by atoms with van der Waals surface area (Å²) in [5.41, 5.74) is 1.21. The maximum atomic E-state index is 13.1. The second-order valence-electron chi connectivity index (χ2n) is 8.58. The molecule has 3 aromatic rings. The maximum absolute atomic E-state index is 13.1. The number of β-amino-alcohol motifs (C(OH)–C–C–N with tert-alkyl or cyclic N) is 1. The number of ether oxygens (including phenoxy) is 1. The van der Waals surface area contributed by atoms with E-state index in [4.69, 9.17) is 4.74 Å². The van der Waals surface area contributed by atoms with Gasteiger partial charge in [0.15, 0.2) is 0 Å². The molecule has 4 nitrogen and oxygen atoms in total. The molecule has 1 saturated heterocycles. The van der Waals surface area contributed by atoms with Crippen LogP contribution in [0.15, 0.2) is 60.7 Å². The lowest BCUT2D eigenvalue weighted by atomic mass is 9.81. The molecule has 30 heavy (non-hydrogen) atoms. The predicted octanol–water partition coefficient (Wildman–Crippen LogP) is 4.36. The Kier molecular flexibility index (Phi) is 4.97. The topological polar surface area (TPSA) is 52.9 Å². The molecule has 2 aliphatic rings. The summed E-state index contributed by atoms with van der Waals surface area (Å²) in [6.45, 7) is 2.07. The van der Waals surface area contributed by atoms with Crippen LogP contribution in [0.3, 0.4) is 0 Å². The highest BCUT2D eigenvalue weighted by atomic mass is 19.1. The molecule has 2 aliphatic heterocycles. The molecule has 5 rings (SSSR count). The maximum Gasteiger partial charge on any atom is 0.133 e. The summed E-state index contributed by atoms with van der Waals surface area (Å²) in [5.74, 6) is 0.512. The molecule has 0 unspecified atom stereocenters. The first kappa shape index (κ1) is 19.5. The van der Waals surface area contributed by atoms with E-state index in [1.54, 1.807) is 12.1 Å². The summed E-state index contributed by atoms with van der Waals surface area (Å²) in [6, 6.07) is 18.2. The van der Waals surface area contributed by atoms with Crippen molar-refractivity contribution in [2.24, 2.45) is 0 Å². The van der Waals surface area contributed by atoms with Crippen molar-refractivity contribution < 1.29 is 19.3 Å². The Bertz CT molecular complexity index is 1040. The van der Waals surface area contributed by atoms with Crippen LogP contribution in [0.25, 0.3) is 10.8 Å². The van der Waals surface area contributed by atoms with E-state index in [2.05, 4.69) is 11.0 Å². The van der Waals surface area contributed by atoms with Gasteiger partial charge in [-0.2, -0.15) is 0 Å². The SMILES string of the molecule is O[C@@H](CN1CCC2(CC1)C[C@H](O)c1ccc3ccccc3c1O2)c1ccc(F)cc1. The molecule has 0 amide bonds. The highest BCUT2D eigenvalue weighted by molar-refractivity contribution is 5.90. The number of rotatable bonds is 3. The third-order valence-electron chi connectivity index (χ3n) is 6.61. The highest BCUT2D eigenvalue weighted by Gasteiger charge is 2.43. The average molecular weight is 407 g/mol. The third-order valence-corrected chi connectivity index (χ3v) is 6.61. The van der Waals surface area contributed by atoms with E-state index in [0.717, 1.165) is 53.6 Å². The highest BCUT2D eigenvalue weighted by Crippen LogP contribution is 2.47. The van der Waals surface area contributed by atoms with Crippen LogP contribution in [0.4, 0.5) is 4.39 Å². The van der Waals surface area contributed by atoms with Crippen LogP contribution >= 0.6 is 0 Å². The summed E-state index contributed by atoms with van der Waals surface area (Å²) >= 11 is 0. The van der Waals surface area contributed by atoms with Crippen molar-refractivity contribution in [1.82, 2.24) is 4.90 Å². The molecule has 156 valence electrons. The molecule has 0 radical (unpaired) electrons. The van der Waals surface area contributed by atoms with E-state index < -0.39 is 12.2 Å². The Labute approximate surface area is 175 Å². The lowest BCUT2D eigenvalue weighted by molar-refractivity contribution is -0.0577. The summed E-state index contributed by atoms with van der Waals surface area (Å²) in [5, 5.41) is 23.5. The van der Waals surface area contributed by atoms with E-state index in [1.807, 2.05) is 30.3 Å². The molecule has 2 N–H and O–H groups in total. The molecular formula is C25H26FNO3. The predicted molar refractivity (Wildman–Crippen MR) is 114 cm³/mol. The number of hydrogen-bond donors (Lipinski definition) is 2. The van der Waals surface area contributed by atoms with E-state index in [-0.39, 0.29) is 11.4 Å². The quantitative estimate of drug-likeness (QED) is 0.677. The number of hydrogen-bond acceptors (Lipinski definition) is 4. The Hall–Kier alpha value is -2.47. The van der Waals surface area contributed by atoms with Gasteiger partial charge in [0.1, 0.15) is 17.2 Å². The number of likely N-dealkylation sites (tertiary alicyclic amines) is 1. The van der Waals surface area contributed by atoms with Gasteiger partial charge in [-0.05, 0) is 35.9 Å². The lowest BCUT2D eigenvalue weighted by Gasteiger charge is -2.46. The minimum atomic E-state index is -0.651. The average Bonchev–Trinajstić information content (AvgIpc) is 2.76. The second kappa shape index (κ2) is 7.65. The molecule has 3 aromatic carbocycles. The van der Waals surface area contributed by atoms with Crippen LogP contribution in [0, 0.1) is 5.82 Å². The number of halogens is 1. The molecule has 0 bridgehead atoms. The van der Waals surface area contributed by atoms with Crippen molar-refractivity contribution in [2.75, 3.05) is 19.6 Å². The fourth-order valence-electron chi connectivity index (χ4n) is 4.84. The monoisotopic (exact) mass is 407 g/mol. The molecule has 2 heterocycles. The van der Waals surface area contributed by atoms with Crippen LogP contribution in [-0.4, -0.2) is 40.3 Å². The van der Waals surface area contributed by atoms with Crippen LogP contribution in [0.2, 0.25) is 0 Å². The van der Waals surface area contributed by atoms with E-state index in [0.29, 0.717) is 13.0 Å². The summed E-state index contributed by atoms with van der Waals surface area (Å²) in [4.78, 5) is 2.22. The first-order valence-corrected chi connectivity index (χ1v) is 10.6. The Morgan fingerprint density at radius 3 is 2.53 bits per heavy atom. The smallest absolute Gasteiger partial charge is 0.133 e. The van der Waals surface area contributed by atoms with E-state index >= 15 is 0 Å². The molecule has 5 heteroatoms. The summed E-state index contributed by atoms with van der Waals surface area (Å²) in [6.07, 6.45) is 0.996. The third kappa shape index (κ3) is 3.58.